The Kier molecular flexibility index (Phi) is 5.68. The van der Waals surface area contributed by atoms with E-state index in [0.29, 0.717) is 23.2 Å². The van der Waals surface area contributed by atoms with Gasteiger partial charge in [0.25, 0.3) is 5.56 Å². The first-order valence-corrected chi connectivity index (χ1v) is 9.23. The van der Waals surface area contributed by atoms with Gasteiger partial charge in [0.15, 0.2) is 5.78 Å². The van der Waals surface area contributed by atoms with Gasteiger partial charge in [-0.3, -0.25) is 14.4 Å². The molecule has 1 atom stereocenters. The minimum absolute atomic E-state index is 0.0717. The first kappa shape index (κ1) is 20.1. The van der Waals surface area contributed by atoms with Crippen LogP contribution in [0.3, 0.4) is 0 Å². The molecule has 0 saturated carbocycles. The third kappa shape index (κ3) is 4.13. The minimum atomic E-state index is -1.05. The van der Waals surface area contributed by atoms with Crippen LogP contribution in [0.1, 0.15) is 45.6 Å². The highest BCUT2D eigenvalue weighted by Gasteiger charge is 2.21. The van der Waals surface area contributed by atoms with Gasteiger partial charge in [-0.2, -0.15) is 0 Å². The smallest absolute Gasteiger partial charge is 0.310 e. The van der Waals surface area contributed by atoms with E-state index in [4.69, 9.17) is 0 Å². The van der Waals surface area contributed by atoms with E-state index in [0.717, 1.165) is 5.69 Å². The Morgan fingerprint density at radius 2 is 1.83 bits per heavy atom. The normalized spacial score (nSPS) is 11.8. The molecule has 3 rings (SSSR count). The summed E-state index contributed by atoms with van der Waals surface area (Å²) in [7, 11) is 1.83. The number of carboxylic acid groups (broad SMARTS) is 1. The van der Waals surface area contributed by atoms with E-state index in [1.165, 1.54) is 11.6 Å². The van der Waals surface area contributed by atoms with E-state index >= 15 is 0 Å². The SMILES string of the molecule is Cc1ccn(NCc2cc(C(=O)c3ccccc3)cn2C)c(=O)c1C(C)C(=O)O. The first-order chi connectivity index (χ1) is 13.8. The molecule has 1 aromatic carbocycles. The van der Waals surface area contributed by atoms with E-state index in [1.807, 2.05) is 29.8 Å². The van der Waals surface area contributed by atoms with Gasteiger partial charge in [-0.15, -0.1) is 0 Å². The van der Waals surface area contributed by atoms with Crippen LogP contribution in [0.15, 0.2) is 59.7 Å². The van der Waals surface area contributed by atoms with Gasteiger partial charge in [-0.25, -0.2) is 4.68 Å². The number of aliphatic carboxylic acids is 1. The molecule has 0 saturated heterocycles. The zero-order valence-corrected chi connectivity index (χ0v) is 16.5. The summed E-state index contributed by atoms with van der Waals surface area (Å²) in [6.07, 6.45) is 3.33. The summed E-state index contributed by atoms with van der Waals surface area (Å²) in [5.41, 5.74) is 5.48. The molecule has 3 aromatic rings. The molecule has 1 unspecified atom stereocenters. The van der Waals surface area contributed by atoms with Crippen molar-refractivity contribution >= 4 is 11.8 Å². The van der Waals surface area contributed by atoms with Crippen LogP contribution in [0, 0.1) is 6.92 Å². The molecule has 7 heteroatoms. The second kappa shape index (κ2) is 8.18. The van der Waals surface area contributed by atoms with Crippen molar-refractivity contribution in [2.24, 2.45) is 7.05 Å². The number of hydrogen-bond donors (Lipinski definition) is 2. The quantitative estimate of drug-likeness (QED) is 0.602. The van der Waals surface area contributed by atoms with Crippen molar-refractivity contribution in [1.29, 1.82) is 0 Å². The number of carboxylic acids is 1. The number of ketones is 1. The lowest BCUT2D eigenvalue weighted by Crippen LogP contribution is -2.33. The molecular formula is C22H23N3O4. The van der Waals surface area contributed by atoms with Crippen LogP contribution in [0.25, 0.3) is 0 Å². The van der Waals surface area contributed by atoms with E-state index < -0.39 is 17.4 Å². The molecular weight excluding hydrogens is 370 g/mol. The van der Waals surface area contributed by atoms with Gasteiger partial charge in [0.05, 0.1) is 12.5 Å². The summed E-state index contributed by atoms with van der Waals surface area (Å²) in [5, 5.41) is 9.26. The van der Waals surface area contributed by atoms with Gasteiger partial charge >= 0.3 is 5.97 Å². The van der Waals surface area contributed by atoms with Gasteiger partial charge in [0.1, 0.15) is 0 Å². The summed E-state index contributed by atoms with van der Waals surface area (Å²) in [4.78, 5) is 36.7. The molecule has 0 aliphatic rings. The minimum Gasteiger partial charge on any atom is -0.481 e. The highest BCUT2D eigenvalue weighted by Crippen LogP contribution is 2.16. The lowest BCUT2D eigenvalue weighted by Gasteiger charge is -2.15. The molecule has 29 heavy (non-hydrogen) atoms. The predicted molar refractivity (Wildman–Crippen MR) is 110 cm³/mol. The Bertz CT molecular complexity index is 1110. The molecule has 150 valence electrons. The van der Waals surface area contributed by atoms with Crippen molar-refractivity contribution in [3.8, 4) is 0 Å². The number of nitrogens with one attached hydrogen (secondary N) is 1. The Balaban J connectivity index is 1.82. The van der Waals surface area contributed by atoms with Crippen molar-refractivity contribution in [1.82, 2.24) is 9.24 Å². The Hall–Kier alpha value is -3.61. The van der Waals surface area contributed by atoms with Crippen LogP contribution in [-0.2, 0) is 18.4 Å². The molecule has 0 bridgehead atoms. The van der Waals surface area contributed by atoms with Crippen LogP contribution in [-0.4, -0.2) is 26.1 Å². The molecule has 2 N–H and O–H groups in total. The molecule has 0 amide bonds. The third-order valence-electron chi connectivity index (χ3n) is 4.99. The Morgan fingerprint density at radius 1 is 1.14 bits per heavy atom. The average Bonchev–Trinajstić information content (AvgIpc) is 3.08. The molecule has 0 radical (unpaired) electrons. The summed E-state index contributed by atoms with van der Waals surface area (Å²) in [6.45, 7) is 3.51. The molecule has 0 fully saturated rings. The average molecular weight is 393 g/mol. The summed E-state index contributed by atoms with van der Waals surface area (Å²) >= 11 is 0. The zero-order chi connectivity index (χ0) is 21.1. The number of aryl methyl sites for hydroxylation is 2. The third-order valence-corrected chi connectivity index (χ3v) is 4.99. The van der Waals surface area contributed by atoms with Crippen molar-refractivity contribution in [2.75, 3.05) is 5.43 Å². The number of hydrogen-bond acceptors (Lipinski definition) is 4. The lowest BCUT2D eigenvalue weighted by molar-refractivity contribution is -0.138. The number of benzene rings is 1. The first-order valence-electron chi connectivity index (χ1n) is 9.23. The van der Waals surface area contributed by atoms with E-state index in [2.05, 4.69) is 5.43 Å². The van der Waals surface area contributed by atoms with Crippen LogP contribution in [0.5, 0.6) is 0 Å². The fraction of sp³-hybridized carbons (Fsp3) is 0.227. The highest BCUT2D eigenvalue weighted by molar-refractivity contribution is 6.09. The standard InChI is InChI=1S/C22H23N3O4/c1-14-9-10-25(21(27)19(14)15(2)22(28)29)23-12-18-11-17(13-24(18)3)20(26)16-7-5-4-6-8-16/h4-11,13,15,23H,12H2,1-3H3,(H,28,29). The van der Waals surface area contributed by atoms with Gasteiger partial charge < -0.3 is 15.1 Å². The second-order valence-electron chi connectivity index (χ2n) is 7.01. The van der Waals surface area contributed by atoms with Crippen molar-refractivity contribution < 1.29 is 14.7 Å². The van der Waals surface area contributed by atoms with Gasteiger partial charge in [0.2, 0.25) is 0 Å². The largest absolute Gasteiger partial charge is 0.481 e. The van der Waals surface area contributed by atoms with Gasteiger partial charge in [-0.05, 0) is 31.5 Å². The fourth-order valence-electron chi connectivity index (χ4n) is 3.25. The van der Waals surface area contributed by atoms with Crippen molar-refractivity contribution in [2.45, 2.75) is 26.3 Å². The molecule has 0 aliphatic carbocycles. The summed E-state index contributed by atoms with van der Waals surface area (Å²) < 4.78 is 3.11. The summed E-state index contributed by atoms with van der Waals surface area (Å²) in [5.74, 6) is -2.02. The molecule has 0 aliphatic heterocycles. The Labute approximate surface area is 168 Å². The predicted octanol–water partition coefficient (Wildman–Crippen LogP) is 2.66. The van der Waals surface area contributed by atoms with Crippen LogP contribution in [0.2, 0.25) is 0 Å². The van der Waals surface area contributed by atoms with E-state index in [1.54, 1.807) is 43.6 Å². The lowest BCUT2D eigenvalue weighted by atomic mass is 9.99. The van der Waals surface area contributed by atoms with Crippen LogP contribution < -0.4 is 11.0 Å². The van der Waals surface area contributed by atoms with Crippen LogP contribution in [0.4, 0.5) is 0 Å². The molecule has 2 heterocycles. The van der Waals surface area contributed by atoms with Crippen LogP contribution >= 0.6 is 0 Å². The maximum absolute atomic E-state index is 12.7. The molecule has 0 spiro atoms. The van der Waals surface area contributed by atoms with E-state index in [-0.39, 0.29) is 11.3 Å². The number of aromatic nitrogens is 2. The number of rotatable bonds is 7. The maximum Gasteiger partial charge on any atom is 0.310 e. The molecule has 2 aromatic heterocycles. The van der Waals surface area contributed by atoms with Crippen molar-refractivity contribution in [3.05, 3.63) is 93.2 Å². The Morgan fingerprint density at radius 3 is 2.48 bits per heavy atom. The monoisotopic (exact) mass is 393 g/mol. The summed E-state index contributed by atoms with van der Waals surface area (Å²) in [6, 6.07) is 12.5. The zero-order valence-electron chi connectivity index (χ0n) is 16.5. The van der Waals surface area contributed by atoms with Gasteiger partial charge in [-0.1, -0.05) is 30.3 Å². The fourth-order valence-corrected chi connectivity index (χ4v) is 3.25. The second-order valence-corrected chi connectivity index (χ2v) is 7.01. The number of pyridine rings is 1. The van der Waals surface area contributed by atoms with Crippen molar-refractivity contribution in [3.63, 3.8) is 0 Å². The van der Waals surface area contributed by atoms with Gasteiger partial charge in [0, 0.05) is 41.8 Å². The molecule has 7 nitrogen and oxygen atoms in total. The topological polar surface area (TPSA) is 93.3 Å². The maximum atomic E-state index is 12.7. The van der Waals surface area contributed by atoms with E-state index in [9.17, 15) is 19.5 Å². The number of carbonyl (C=O) groups is 2. The highest BCUT2D eigenvalue weighted by atomic mass is 16.4. The number of nitrogens with zero attached hydrogens (tertiary/aromatic N) is 2. The number of carbonyl (C=O) groups excluding carboxylic acids is 1.